The Kier molecular flexibility index (Phi) is 7.03. The van der Waals surface area contributed by atoms with Gasteiger partial charge in [-0.05, 0) is 36.1 Å². The van der Waals surface area contributed by atoms with Crippen molar-refractivity contribution in [3.63, 3.8) is 0 Å². The summed E-state index contributed by atoms with van der Waals surface area (Å²) >= 11 is 2.54. The van der Waals surface area contributed by atoms with Gasteiger partial charge in [-0.15, -0.1) is 21.5 Å². The maximum Gasteiger partial charge on any atom is 0.341 e. The minimum Gasteiger partial charge on any atom is -0.462 e. The molecule has 8 nitrogen and oxygen atoms in total. The molecule has 0 aliphatic carbocycles. The molecule has 0 saturated carbocycles. The molecule has 1 amide bonds. The minimum atomic E-state index is -0.456. The van der Waals surface area contributed by atoms with E-state index < -0.39 is 5.97 Å². The van der Waals surface area contributed by atoms with Crippen LogP contribution in [0.3, 0.4) is 0 Å². The van der Waals surface area contributed by atoms with Crippen LogP contribution < -0.4 is 5.32 Å². The molecular formula is C22H20N4O4S2. The Bertz CT molecular complexity index is 1190. The van der Waals surface area contributed by atoms with Crippen LogP contribution in [-0.4, -0.2) is 39.0 Å². The number of nitrogens with one attached hydrogen (secondary N) is 1. The smallest absolute Gasteiger partial charge is 0.341 e. The van der Waals surface area contributed by atoms with Gasteiger partial charge in [0, 0.05) is 0 Å². The number of aromatic nitrogens is 3. The van der Waals surface area contributed by atoms with Gasteiger partial charge in [0.25, 0.3) is 0 Å². The predicted octanol–water partition coefficient (Wildman–Crippen LogP) is 4.56. The summed E-state index contributed by atoms with van der Waals surface area (Å²) in [5, 5.41) is 14.1. The summed E-state index contributed by atoms with van der Waals surface area (Å²) in [4.78, 5) is 24.6. The monoisotopic (exact) mass is 468 g/mol. The van der Waals surface area contributed by atoms with E-state index in [0.717, 1.165) is 5.56 Å². The normalized spacial score (nSPS) is 10.8. The quantitative estimate of drug-likeness (QED) is 0.284. The number of hydrogen-bond donors (Lipinski definition) is 1. The molecule has 0 atom stereocenters. The van der Waals surface area contributed by atoms with Crippen LogP contribution in [0.15, 0.2) is 69.7 Å². The van der Waals surface area contributed by atoms with Crippen LogP contribution in [0.5, 0.6) is 0 Å². The summed E-state index contributed by atoms with van der Waals surface area (Å²) in [6.45, 7) is 2.54. The molecule has 1 aromatic carbocycles. The first-order valence-corrected chi connectivity index (χ1v) is 11.7. The number of amides is 1. The lowest BCUT2D eigenvalue weighted by molar-refractivity contribution is -0.113. The summed E-state index contributed by atoms with van der Waals surface area (Å²) in [5.74, 6) is 0.580. The van der Waals surface area contributed by atoms with Crippen molar-refractivity contribution in [3.8, 4) is 11.6 Å². The van der Waals surface area contributed by atoms with Crippen molar-refractivity contribution in [2.75, 3.05) is 17.7 Å². The number of carbonyl (C=O) groups is 2. The number of anilines is 1. The Morgan fingerprint density at radius 3 is 2.75 bits per heavy atom. The molecule has 164 valence electrons. The zero-order chi connectivity index (χ0) is 22.3. The van der Waals surface area contributed by atoms with Crippen molar-refractivity contribution in [1.29, 1.82) is 0 Å². The summed E-state index contributed by atoms with van der Waals surface area (Å²) in [6.07, 6.45) is 1.58. The predicted molar refractivity (Wildman–Crippen MR) is 123 cm³/mol. The van der Waals surface area contributed by atoms with Crippen molar-refractivity contribution in [2.24, 2.45) is 0 Å². The van der Waals surface area contributed by atoms with E-state index in [1.807, 2.05) is 41.0 Å². The Labute approximate surface area is 192 Å². The number of carbonyl (C=O) groups excluding carboxylic acids is 2. The van der Waals surface area contributed by atoms with Crippen molar-refractivity contribution in [3.05, 3.63) is 71.3 Å². The summed E-state index contributed by atoms with van der Waals surface area (Å²) in [5.41, 5.74) is 1.42. The molecule has 0 unspecified atom stereocenters. The molecule has 0 spiro atoms. The topological polar surface area (TPSA) is 99.2 Å². The fourth-order valence-electron chi connectivity index (χ4n) is 2.96. The zero-order valence-electron chi connectivity index (χ0n) is 17.2. The molecular weight excluding hydrogens is 448 g/mol. The number of thioether (sulfide) groups is 1. The molecule has 0 aliphatic heterocycles. The molecule has 0 radical (unpaired) electrons. The molecule has 3 aromatic heterocycles. The Morgan fingerprint density at radius 2 is 2.00 bits per heavy atom. The van der Waals surface area contributed by atoms with Crippen molar-refractivity contribution in [1.82, 2.24) is 14.8 Å². The second-order valence-corrected chi connectivity index (χ2v) is 8.43. The third-order valence-corrected chi connectivity index (χ3v) is 6.18. The number of nitrogens with zero attached hydrogens (tertiary/aromatic N) is 3. The van der Waals surface area contributed by atoms with Crippen LogP contribution in [0.2, 0.25) is 0 Å². The fraction of sp³-hybridized carbons (Fsp3) is 0.182. The van der Waals surface area contributed by atoms with Gasteiger partial charge >= 0.3 is 5.97 Å². The number of ether oxygens (including phenoxy) is 1. The first-order valence-electron chi connectivity index (χ1n) is 9.84. The summed E-state index contributed by atoms with van der Waals surface area (Å²) < 4.78 is 12.5. The van der Waals surface area contributed by atoms with E-state index in [1.54, 1.807) is 30.7 Å². The highest BCUT2D eigenvalue weighted by Gasteiger charge is 2.19. The second-order valence-electron chi connectivity index (χ2n) is 6.58. The summed E-state index contributed by atoms with van der Waals surface area (Å²) in [7, 11) is 0. The van der Waals surface area contributed by atoms with Gasteiger partial charge in [0.1, 0.15) is 5.00 Å². The highest BCUT2D eigenvalue weighted by atomic mass is 32.2. The molecule has 10 heteroatoms. The van der Waals surface area contributed by atoms with Gasteiger partial charge in [-0.2, -0.15) is 0 Å². The van der Waals surface area contributed by atoms with Crippen LogP contribution in [-0.2, 0) is 16.1 Å². The van der Waals surface area contributed by atoms with Crippen LogP contribution in [0.4, 0.5) is 5.00 Å². The van der Waals surface area contributed by atoms with Crippen LogP contribution >= 0.6 is 23.1 Å². The molecule has 4 rings (SSSR count). The highest BCUT2D eigenvalue weighted by Crippen LogP contribution is 2.27. The van der Waals surface area contributed by atoms with Gasteiger partial charge in [0.2, 0.25) is 11.7 Å². The van der Waals surface area contributed by atoms with Crippen molar-refractivity contribution >= 4 is 40.0 Å². The summed E-state index contributed by atoms with van der Waals surface area (Å²) in [6, 6.07) is 15.2. The Hall–Kier alpha value is -3.37. The first kappa shape index (κ1) is 21.8. The highest BCUT2D eigenvalue weighted by molar-refractivity contribution is 7.99. The number of thiophene rings is 1. The van der Waals surface area contributed by atoms with Gasteiger partial charge in [-0.1, -0.05) is 42.1 Å². The van der Waals surface area contributed by atoms with Gasteiger partial charge in [0.05, 0.1) is 30.7 Å². The molecule has 0 fully saturated rings. The molecule has 0 saturated heterocycles. The van der Waals surface area contributed by atoms with Gasteiger partial charge in [-0.3, -0.25) is 9.36 Å². The van der Waals surface area contributed by atoms with E-state index in [4.69, 9.17) is 9.15 Å². The third-order valence-electron chi connectivity index (χ3n) is 4.39. The minimum absolute atomic E-state index is 0.102. The van der Waals surface area contributed by atoms with E-state index in [2.05, 4.69) is 15.5 Å². The van der Waals surface area contributed by atoms with E-state index in [-0.39, 0.29) is 18.3 Å². The maximum absolute atomic E-state index is 12.6. The Balaban J connectivity index is 1.48. The second kappa shape index (κ2) is 10.3. The van der Waals surface area contributed by atoms with E-state index in [1.165, 1.54) is 23.1 Å². The van der Waals surface area contributed by atoms with E-state index in [9.17, 15) is 9.59 Å². The maximum atomic E-state index is 12.6. The number of benzene rings is 1. The molecule has 4 aromatic rings. The van der Waals surface area contributed by atoms with Crippen LogP contribution in [0, 0.1) is 0 Å². The largest absolute Gasteiger partial charge is 0.462 e. The first-order chi connectivity index (χ1) is 15.7. The lowest BCUT2D eigenvalue weighted by Gasteiger charge is -2.10. The fourth-order valence-corrected chi connectivity index (χ4v) is 4.49. The van der Waals surface area contributed by atoms with Crippen molar-refractivity contribution in [2.45, 2.75) is 18.6 Å². The van der Waals surface area contributed by atoms with Gasteiger partial charge < -0.3 is 14.5 Å². The van der Waals surface area contributed by atoms with Crippen LogP contribution in [0.1, 0.15) is 22.8 Å². The number of hydrogen-bond acceptors (Lipinski definition) is 8. The molecule has 3 heterocycles. The standard InChI is InChI=1S/C22H20N4O4S2/c1-2-29-21(28)16-10-12-31-20(16)23-18(27)14-32-22-25-24-19(17-9-6-11-30-17)26(22)13-15-7-4-3-5-8-15/h3-12H,2,13-14H2,1H3,(H,23,27). The van der Waals surface area contributed by atoms with E-state index in [0.29, 0.717) is 33.9 Å². The zero-order valence-corrected chi connectivity index (χ0v) is 18.8. The van der Waals surface area contributed by atoms with Crippen LogP contribution in [0.25, 0.3) is 11.6 Å². The average molecular weight is 469 g/mol. The number of esters is 1. The molecule has 0 aliphatic rings. The van der Waals surface area contributed by atoms with E-state index >= 15 is 0 Å². The Morgan fingerprint density at radius 1 is 1.16 bits per heavy atom. The number of furan rings is 1. The lowest BCUT2D eigenvalue weighted by atomic mass is 10.2. The lowest BCUT2D eigenvalue weighted by Crippen LogP contribution is -2.16. The van der Waals surface area contributed by atoms with Gasteiger partial charge in [0.15, 0.2) is 10.9 Å². The molecule has 0 bridgehead atoms. The van der Waals surface area contributed by atoms with Gasteiger partial charge in [-0.25, -0.2) is 4.79 Å². The SMILES string of the molecule is CCOC(=O)c1ccsc1NC(=O)CSc1nnc(-c2ccco2)n1Cc1ccccc1. The molecule has 32 heavy (non-hydrogen) atoms. The number of rotatable bonds is 9. The van der Waals surface area contributed by atoms with Crippen molar-refractivity contribution < 1.29 is 18.7 Å². The average Bonchev–Trinajstić information content (AvgIpc) is 3.55. The third kappa shape index (κ3) is 5.09. The molecule has 1 N–H and O–H groups in total.